The second-order valence-corrected chi connectivity index (χ2v) is 15.1. The summed E-state index contributed by atoms with van der Waals surface area (Å²) in [5.41, 5.74) is -11.2. The molecule has 0 aliphatic carbocycles. The monoisotopic (exact) mass is 976 g/mol. The van der Waals surface area contributed by atoms with Crippen LogP contribution in [0, 0.1) is 0 Å². The second-order valence-electron chi connectivity index (χ2n) is 15.1. The largest absolute Gasteiger partial charge is 0.493 e. The Morgan fingerprint density at radius 2 is 0.942 bits per heavy atom. The lowest BCUT2D eigenvalue weighted by Crippen LogP contribution is -2.52. The van der Waals surface area contributed by atoms with Gasteiger partial charge in [0.15, 0.2) is 11.5 Å². The fourth-order valence-electron chi connectivity index (χ4n) is 7.44. The number of methoxy groups -OCH3 is 4. The van der Waals surface area contributed by atoms with E-state index in [0.717, 1.165) is 56.7 Å². The molecule has 0 bridgehead atoms. The van der Waals surface area contributed by atoms with Gasteiger partial charge in [-0.3, -0.25) is 0 Å². The Morgan fingerprint density at radius 3 is 1.36 bits per heavy atom. The first kappa shape index (κ1) is 53.3. The van der Waals surface area contributed by atoms with Crippen LogP contribution >= 0.6 is 0 Å². The van der Waals surface area contributed by atoms with Crippen LogP contribution in [0.5, 0.6) is 17.2 Å². The number of hydrogen-bond acceptors (Lipinski definition) is 10. The van der Waals surface area contributed by atoms with Gasteiger partial charge in [-0.1, -0.05) is 121 Å². The lowest BCUT2D eigenvalue weighted by molar-refractivity contribution is -0.278. The molecule has 5 rings (SSSR count). The number of carbonyl (C=O) groups is 3. The quantitative estimate of drug-likeness (QED) is 0.0424. The third-order valence-electron chi connectivity index (χ3n) is 11.0. The van der Waals surface area contributed by atoms with Gasteiger partial charge in [0.25, 0.3) is 16.8 Å². The Bertz CT molecular complexity index is 2520. The Labute approximate surface area is 390 Å². The van der Waals surface area contributed by atoms with E-state index in [2.05, 4.69) is 0 Å². The van der Waals surface area contributed by atoms with E-state index < -0.39 is 81.8 Å². The van der Waals surface area contributed by atoms with Gasteiger partial charge in [-0.2, -0.15) is 39.5 Å². The predicted molar refractivity (Wildman–Crippen MR) is 231 cm³/mol. The molecular weight excluding hydrogens is 932 g/mol. The molecule has 0 saturated heterocycles. The highest BCUT2D eigenvalue weighted by Gasteiger charge is 2.66. The Balaban J connectivity index is 1.36. The molecule has 4 atom stereocenters. The highest BCUT2D eigenvalue weighted by Crippen LogP contribution is 2.46. The molecule has 0 N–H and O–H groups in total. The maximum absolute atomic E-state index is 14.8. The SMILES string of the molecule is COc1cc(CC[C@H](CC/C=C/c2ccc(OC(=O)[C@@](OC)(c3ccccc3)C(F)(F)F)cc2)OC(=O)[C@@](OC)(c2ccccc2)C(F)(F)F)ccc1OC(=O)[C@@](OC)(c1ccccc1)C(F)(F)F. The van der Waals surface area contributed by atoms with Crippen LogP contribution in [0.2, 0.25) is 0 Å². The standard InChI is InChI=1S/C50H45F9O10/c1-63-41-32-34(27-31-40(41)69-44(62)47(66-4,50(57,58)59)37-21-12-7-13-22-37)26-30-38(67-42(60)45(64-2,48(51,52)53)35-17-8-5-9-18-35)23-15-14-16-33-24-28-39(29-25-33)68-43(61)46(65-3,49(54,55)56)36-19-10-6-11-20-36/h5-14,16-22,24-25,27-29,31-32,38H,15,23,26,30H2,1-4H3/b16-14+/t38-,45-,46-,47-/m0/s1. The lowest BCUT2D eigenvalue weighted by Gasteiger charge is -2.33. The Morgan fingerprint density at radius 1 is 0.507 bits per heavy atom. The third kappa shape index (κ3) is 11.3. The van der Waals surface area contributed by atoms with E-state index >= 15 is 0 Å². The van der Waals surface area contributed by atoms with E-state index in [1.807, 2.05) is 0 Å². The van der Waals surface area contributed by atoms with Crippen molar-refractivity contribution in [1.82, 2.24) is 0 Å². The first-order valence-corrected chi connectivity index (χ1v) is 20.8. The minimum Gasteiger partial charge on any atom is -0.493 e. The van der Waals surface area contributed by atoms with Crippen molar-refractivity contribution in [3.8, 4) is 17.2 Å². The van der Waals surface area contributed by atoms with Crippen molar-refractivity contribution in [2.45, 2.75) is 67.1 Å². The zero-order valence-electron chi connectivity index (χ0n) is 37.2. The van der Waals surface area contributed by atoms with Crippen LogP contribution in [0.25, 0.3) is 6.08 Å². The number of carbonyl (C=O) groups excluding carboxylic acids is 3. The van der Waals surface area contributed by atoms with Crippen molar-refractivity contribution in [1.29, 1.82) is 0 Å². The molecule has 0 saturated carbocycles. The Kier molecular flexibility index (Phi) is 17.1. The summed E-state index contributed by atoms with van der Waals surface area (Å²) in [5, 5.41) is 0. The van der Waals surface area contributed by atoms with E-state index in [4.69, 9.17) is 33.2 Å². The van der Waals surface area contributed by atoms with Crippen LogP contribution in [0.3, 0.4) is 0 Å². The van der Waals surface area contributed by atoms with Gasteiger partial charge < -0.3 is 33.2 Å². The van der Waals surface area contributed by atoms with E-state index in [0.29, 0.717) is 25.3 Å². The summed E-state index contributed by atoms with van der Waals surface area (Å²) in [6.45, 7) is 0. The molecule has 0 heterocycles. The molecule has 69 heavy (non-hydrogen) atoms. The first-order valence-electron chi connectivity index (χ1n) is 20.8. The fourth-order valence-corrected chi connectivity index (χ4v) is 7.44. The number of aryl methyl sites for hydroxylation is 1. The minimum absolute atomic E-state index is 0.0126. The van der Waals surface area contributed by atoms with Gasteiger partial charge in [-0.25, -0.2) is 14.4 Å². The van der Waals surface area contributed by atoms with E-state index in [1.54, 1.807) is 12.2 Å². The number of hydrogen-bond donors (Lipinski definition) is 0. The van der Waals surface area contributed by atoms with E-state index in [1.165, 1.54) is 91.0 Å². The maximum Gasteiger partial charge on any atom is 0.432 e. The van der Waals surface area contributed by atoms with Gasteiger partial charge in [0.2, 0.25) is 0 Å². The summed E-state index contributed by atoms with van der Waals surface area (Å²) >= 11 is 0. The zero-order valence-corrected chi connectivity index (χ0v) is 37.2. The van der Waals surface area contributed by atoms with Crippen LogP contribution in [-0.4, -0.2) is 71.0 Å². The number of rotatable bonds is 20. The van der Waals surface area contributed by atoms with E-state index in [9.17, 15) is 53.9 Å². The van der Waals surface area contributed by atoms with Crippen LogP contribution in [0.4, 0.5) is 39.5 Å². The number of benzene rings is 5. The van der Waals surface area contributed by atoms with Gasteiger partial charge in [-0.15, -0.1) is 0 Å². The number of allylic oxidation sites excluding steroid dienone is 1. The molecule has 0 aromatic heterocycles. The molecule has 0 spiro atoms. The molecule has 0 aliphatic rings. The van der Waals surface area contributed by atoms with Crippen LogP contribution in [0.15, 0.2) is 140 Å². The van der Waals surface area contributed by atoms with Crippen molar-refractivity contribution in [2.24, 2.45) is 0 Å². The number of esters is 3. The Hall–Kier alpha value is -6.70. The summed E-state index contributed by atoms with van der Waals surface area (Å²) in [5.74, 6) is -6.16. The average molecular weight is 977 g/mol. The summed E-state index contributed by atoms with van der Waals surface area (Å²) in [6.07, 6.45) is -14.0. The minimum atomic E-state index is -5.29. The number of halogens is 9. The zero-order chi connectivity index (χ0) is 50.7. The first-order chi connectivity index (χ1) is 32.6. The molecule has 368 valence electrons. The number of alkyl halides is 9. The summed E-state index contributed by atoms with van der Waals surface area (Å²) in [6, 6.07) is 27.7. The van der Waals surface area contributed by atoms with Crippen LogP contribution < -0.4 is 14.2 Å². The molecular formula is C50H45F9O10. The molecule has 0 aliphatic heterocycles. The van der Waals surface area contributed by atoms with Crippen LogP contribution in [-0.2, 0) is 56.6 Å². The normalized spacial score (nSPS) is 15.3. The lowest BCUT2D eigenvalue weighted by atomic mass is 9.92. The van der Waals surface area contributed by atoms with Crippen molar-refractivity contribution in [3.05, 3.63) is 167 Å². The van der Waals surface area contributed by atoms with Crippen molar-refractivity contribution < 1.29 is 87.1 Å². The average Bonchev–Trinajstić information content (AvgIpc) is 3.31. The molecule has 10 nitrogen and oxygen atoms in total. The second kappa shape index (κ2) is 22.2. The van der Waals surface area contributed by atoms with Gasteiger partial charge >= 0.3 is 36.4 Å². The third-order valence-corrected chi connectivity index (χ3v) is 11.0. The highest BCUT2D eigenvalue weighted by atomic mass is 19.4. The van der Waals surface area contributed by atoms with Gasteiger partial charge in [0, 0.05) is 38.0 Å². The van der Waals surface area contributed by atoms with Crippen molar-refractivity contribution >= 4 is 24.0 Å². The highest BCUT2D eigenvalue weighted by molar-refractivity contribution is 5.86. The molecule has 0 fully saturated rings. The maximum atomic E-state index is 14.8. The smallest absolute Gasteiger partial charge is 0.432 e. The summed E-state index contributed by atoms with van der Waals surface area (Å²) in [7, 11) is 3.31. The predicted octanol–water partition coefficient (Wildman–Crippen LogP) is 11.2. The summed E-state index contributed by atoms with van der Waals surface area (Å²) < 4.78 is 167. The van der Waals surface area contributed by atoms with Crippen molar-refractivity contribution in [2.75, 3.05) is 28.4 Å². The van der Waals surface area contributed by atoms with Crippen LogP contribution in [0.1, 0.15) is 47.1 Å². The molecule has 5 aromatic rings. The van der Waals surface area contributed by atoms with Gasteiger partial charge in [-0.05, 0) is 61.1 Å². The van der Waals surface area contributed by atoms with E-state index in [-0.39, 0.29) is 37.2 Å². The topological polar surface area (TPSA) is 116 Å². The van der Waals surface area contributed by atoms with Gasteiger partial charge in [0.05, 0.1) is 7.11 Å². The van der Waals surface area contributed by atoms with Gasteiger partial charge in [0.1, 0.15) is 11.9 Å². The van der Waals surface area contributed by atoms with Crippen molar-refractivity contribution in [3.63, 3.8) is 0 Å². The number of ether oxygens (including phenoxy) is 7. The summed E-state index contributed by atoms with van der Waals surface area (Å²) in [4.78, 5) is 40.1. The fraction of sp³-hybridized carbons (Fsp3) is 0.300. The molecule has 5 aromatic carbocycles. The molecule has 19 heteroatoms. The molecule has 0 radical (unpaired) electrons. The molecule has 0 unspecified atom stereocenters. The molecule has 0 amide bonds.